The normalized spacial score (nSPS) is 11.9. The Balaban J connectivity index is 1.81. The van der Waals surface area contributed by atoms with Gasteiger partial charge in [0.1, 0.15) is 11.9 Å². The summed E-state index contributed by atoms with van der Waals surface area (Å²) >= 11 is 1.83. The maximum absolute atomic E-state index is 11.8. The van der Waals surface area contributed by atoms with Crippen molar-refractivity contribution in [2.24, 2.45) is 0 Å². The minimum absolute atomic E-state index is 0.0880. The molecule has 2 rings (SSSR count). The lowest BCUT2D eigenvalue weighted by atomic mass is 10.2. The van der Waals surface area contributed by atoms with Crippen LogP contribution in [-0.4, -0.2) is 23.4 Å². The molecule has 0 aliphatic heterocycles. The molecule has 0 fully saturated rings. The molecule has 1 heterocycles. The van der Waals surface area contributed by atoms with E-state index in [1.54, 1.807) is 12.1 Å². The van der Waals surface area contributed by atoms with Crippen molar-refractivity contribution >= 4 is 23.5 Å². The summed E-state index contributed by atoms with van der Waals surface area (Å²) in [6.07, 6.45) is 0.631. The topological polar surface area (TPSA) is 74.5 Å². The standard InChI is InChI=1S/C16H20N2O3S/c1-2-22-11-12-5-3-6-13(9-12)18-16(20)17-10-14(19)15-7-4-8-21-15/h3-9,14,19H,2,10-11H2,1H3,(H2,17,18,20). The smallest absolute Gasteiger partial charge is 0.319 e. The van der Waals surface area contributed by atoms with Gasteiger partial charge >= 0.3 is 6.03 Å². The number of thioether (sulfide) groups is 1. The van der Waals surface area contributed by atoms with E-state index in [1.165, 1.54) is 11.8 Å². The van der Waals surface area contributed by atoms with Crippen LogP contribution >= 0.6 is 11.8 Å². The number of anilines is 1. The number of rotatable bonds is 7. The van der Waals surface area contributed by atoms with Crippen LogP contribution in [0, 0.1) is 0 Å². The Kier molecular flexibility index (Phi) is 6.36. The highest BCUT2D eigenvalue weighted by atomic mass is 32.2. The van der Waals surface area contributed by atoms with Crippen molar-refractivity contribution in [1.29, 1.82) is 0 Å². The molecule has 6 heteroatoms. The minimum atomic E-state index is -0.854. The van der Waals surface area contributed by atoms with Crippen LogP contribution in [-0.2, 0) is 5.75 Å². The fourth-order valence-electron chi connectivity index (χ4n) is 1.90. The van der Waals surface area contributed by atoms with Crippen molar-refractivity contribution in [1.82, 2.24) is 5.32 Å². The molecule has 22 heavy (non-hydrogen) atoms. The molecule has 2 aromatic rings. The van der Waals surface area contributed by atoms with E-state index in [4.69, 9.17) is 4.42 Å². The second-order valence-corrected chi connectivity index (χ2v) is 5.98. The SMILES string of the molecule is CCSCc1cccc(NC(=O)NCC(O)c2ccco2)c1. The molecule has 118 valence electrons. The molecule has 0 bridgehead atoms. The van der Waals surface area contributed by atoms with E-state index in [2.05, 4.69) is 17.6 Å². The molecule has 1 unspecified atom stereocenters. The number of benzene rings is 1. The molecule has 0 radical (unpaired) electrons. The first kappa shape index (κ1) is 16.5. The molecule has 1 atom stereocenters. The third kappa shape index (κ3) is 5.13. The molecule has 0 saturated heterocycles. The fraction of sp³-hybridized carbons (Fsp3) is 0.312. The first-order valence-corrected chi connectivity index (χ1v) is 8.27. The summed E-state index contributed by atoms with van der Waals surface area (Å²) in [6.45, 7) is 2.20. The Hall–Kier alpha value is -1.92. The predicted octanol–water partition coefficient (Wildman–Crippen LogP) is 3.39. The minimum Gasteiger partial charge on any atom is -0.467 e. The van der Waals surface area contributed by atoms with Gasteiger partial charge in [0.2, 0.25) is 0 Å². The summed E-state index contributed by atoms with van der Waals surface area (Å²) in [5, 5.41) is 15.2. The van der Waals surface area contributed by atoms with Crippen LogP contribution in [0.3, 0.4) is 0 Å². The molecule has 0 saturated carbocycles. The van der Waals surface area contributed by atoms with Gasteiger partial charge in [-0.15, -0.1) is 0 Å². The van der Waals surface area contributed by atoms with Crippen LogP contribution in [0.5, 0.6) is 0 Å². The molecule has 2 amide bonds. The van der Waals surface area contributed by atoms with Gasteiger partial charge in [-0.3, -0.25) is 0 Å². The molecule has 1 aromatic heterocycles. The second kappa shape index (κ2) is 8.51. The molecule has 0 spiro atoms. The lowest BCUT2D eigenvalue weighted by Gasteiger charge is -2.11. The van der Waals surface area contributed by atoms with Gasteiger partial charge in [-0.25, -0.2) is 4.79 Å². The van der Waals surface area contributed by atoms with Gasteiger partial charge in [-0.1, -0.05) is 19.1 Å². The van der Waals surface area contributed by atoms with Crippen LogP contribution < -0.4 is 10.6 Å². The Morgan fingerprint density at radius 2 is 2.23 bits per heavy atom. The summed E-state index contributed by atoms with van der Waals surface area (Å²) in [5.74, 6) is 2.41. The summed E-state index contributed by atoms with van der Waals surface area (Å²) in [6, 6.07) is 10.7. The van der Waals surface area contributed by atoms with Crippen molar-refractivity contribution in [2.75, 3.05) is 17.6 Å². The highest BCUT2D eigenvalue weighted by Gasteiger charge is 2.11. The molecule has 0 aliphatic rings. The van der Waals surface area contributed by atoms with Crippen molar-refractivity contribution in [3.05, 3.63) is 54.0 Å². The maximum Gasteiger partial charge on any atom is 0.319 e. The summed E-state index contributed by atoms with van der Waals surface area (Å²) in [7, 11) is 0. The largest absolute Gasteiger partial charge is 0.467 e. The van der Waals surface area contributed by atoms with Crippen molar-refractivity contribution in [2.45, 2.75) is 18.8 Å². The van der Waals surface area contributed by atoms with E-state index < -0.39 is 6.10 Å². The van der Waals surface area contributed by atoms with E-state index in [9.17, 15) is 9.90 Å². The first-order valence-electron chi connectivity index (χ1n) is 7.12. The summed E-state index contributed by atoms with van der Waals surface area (Å²) in [5.41, 5.74) is 1.90. The second-order valence-electron chi connectivity index (χ2n) is 4.70. The molecule has 1 aromatic carbocycles. The number of carbonyl (C=O) groups is 1. The molecular weight excluding hydrogens is 300 g/mol. The predicted molar refractivity (Wildman–Crippen MR) is 89.0 cm³/mol. The highest BCUT2D eigenvalue weighted by molar-refractivity contribution is 7.98. The van der Waals surface area contributed by atoms with E-state index in [0.29, 0.717) is 5.76 Å². The van der Waals surface area contributed by atoms with Crippen molar-refractivity contribution in [3.8, 4) is 0 Å². The Morgan fingerprint density at radius 1 is 1.36 bits per heavy atom. The zero-order valence-electron chi connectivity index (χ0n) is 12.4. The number of hydrogen-bond donors (Lipinski definition) is 3. The molecule has 3 N–H and O–H groups in total. The average molecular weight is 320 g/mol. The Labute approximate surface area is 134 Å². The number of carbonyl (C=O) groups excluding carboxylic acids is 1. The summed E-state index contributed by atoms with van der Waals surface area (Å²) < 4.78 is 5.08. The summed E-state index contributed by atoms with van der Waals surface area (Å²) in [4.78, 5) is 11.8. The number of aliphatic hydroxyl groups is 1. The van der Waals surface area contributed by atoms with Gasteiger partial charge in [-0.05, 0) is 35.6 Å². The van der Waals surface area contributed by atoms with Gasteiger partial charge in [0, 0.05) is 11.4 Å². The zero-order valence-corrected chi connectivity index (χ0v) is 13.2. The Bertz CT molecular complexity index is 587. The third-order valence-corrected chi connectivity index (χ3v) is 3.93. The third-order valence-electron chi connectivity index (χ3n) is 2.99. The lowest BCUT2D eigenvalue weighted by molar-refractivity contribution is 0.149. The maximum atomic E-state index is 11.8. The molecule has 0 aliphatic carbocycles. The quantitative estimate of drug-likeness (QED) is 0.731. The highest BCUT2D eigenvalue weighted by Crippen LogP contribution is 2.16. The van der Waals surface area contributed by atoms with E-state index in [1.807, 2.05) is 36.0 Å². The Morgan fingerprint density at radius 3 is 2.95 bits per heavy atom. The molecule has 5 nitrogen and oxygen atoms in total. The number of amides is 2. The van der Waals surface area contributed by atoms with Gasteiger partial charge in [0.15, 0.2) is 0 Å². The van der Waals surface area contributed by atoms with Crippen LogP contribution in [0.2, 0.25) is 0 Å². The first-order chi connectivity index (χ1) is 10.7. The van der Waals surface area contributed by atoms with E-state index >= 15 is 0 Å². The van der Waals surface area contributed by atoms with Crippen molar-refractivity contribution < 1.29 is 14.3 Å². The van der Waals surface area contributed by atoms with Gasteiger partial charge in [-0.2, -0.15) is 11.8 Å². The van der Waals surface area contributed by atoms with Gasteiger partial charge < -0.3 is 20.2 Å². The van der Waals surface area contributed by atoms with Gasteiger partial charge in [0.25, 0.3) is 0 Å². The van der Waals surface area contributed by atoms with Crippen LogP contribution in [0.15, 0.2) is 47.1 Å². The van der Waals surface area contributed by atoms with E-state index in [0.717, 1.165) is 17.2 Å². The van der Waals surface area contributed by atoms with Crippen LogP contribution in [0.1, 0.15) is 24.4 Å². The zero-order chi connectivity index (χ0) is 15.8. The monoisotopic (exact) mass is 320 g/mol. The fourth-order valence-corrected chi connectivity index (χ4v) is 2.52. The number of furan rings is 1. The number of nitrogens with one attached hydrogen (secondary N) is 2. The van der Waals surface area contributed by atoms with Crippen LogP contribution in [0.25, 0.3) is 0 Å². The molecular formula is C16H20N2O3S. The lowest BCUT2D eigenvalue weighted by Crippen LogP contribution is -2.32. The number of aliphatic hydroxyl groups excluding tert-OH is 1. The number of hydrogen-bond acceptors (Lipinski definition) is 4. The van der Waals surface area contributed by atoms with E-state index in [-0.39, 0.29) is 12.6 Å². The average Bonchev–Trinajstić information content (AvgIpc) is 3.05. The van der Waals surface area contributed by atoms with Crippen molar-refractivity contribution in [3.63, 3.8) is 0 Å². The number of urea groups is 1. The van der Waals surface area contributed by atoms with Crippen LogP contribution in [0.4, 0.5) is 10.5 Å². The van der Waals surface area contributed by atoms with Gasteiger partial charge in [0.05, 0.1) is 12.8 Å².